The minimum absolute atomic E-state index is 0.00717. The molecular weight excluding hydrogens is 292 g/mol. The van der Waals surface area contributed by atoms with E-state index in [2.05, 4.69) is 34.5 Å². The minimum Gasteiger partial charge on any atom is -0.390 e. The molecule has 2 aliphatic rings. The number of hydrogen-bond donors (Lipinski definition) is 2. The van der Waals surface area contributed by atoms with E-state index in [0.717, 1.165) is 39.0 Å². The smallest absolute Gasteiger partial charge is 0.225 e. The molecule has 1 aromatic carbocycles. The Morgan fingerprint density at radius 1 is 1.39 bits per heavy atom. The van der Waals surface area contributed by atoms with Crippen LogP contribution >= 0.6 is 0 Å². The first-order chi connectivity index (χ1) is 11.2. The van der Waals surface area contributed by atoms with Crippen molar-refractivity contribution in [2.75, 3.05) is 32.8 Å². The van der Waals surface area contributed by atoms with Gasteiger partial charge in [0.25, 0.3) is 0 Å². The molecule has 0 spiro atoms. The van der Waals surface area contributed by atoms with Crippen LogP contribution < -0.4 is 5.32 Å². The van der Waals surface area contributed by atoms with Crippen LogP contribution in [0.5, 0.6) is 0 Å². The molecule has 2 N–H and O–H groups in total. The zero-order chi connectivity index (χ0) is 16.1. The second-order valence-electron chi connectivity index (χ2n) is 6.57. The van der Waals surface area contributed by atoms with Gasteiger partial charge in [0.2, 0.25) is 5.91 Å². The largest absolute Gasteiger partial charge is 0.390 e. The van der Waals surface area contributed by atoms with Crippen molar-refractivity contribution in [1.82, 2.24) is 10.2 Å². The van der Waals surface area contributed by atoms with Crippen molar-refractivity contribution < 1.29 is 14.6 Å². The van der Waals surface area contributed by atoms with E-state index >= 15 is 0 Å². The highest BCUT2D eigenvalue weighted by molar-refractivity contribution is 5.78. The molecule has 1 fully saturated rings. The quantitative estimate of drug-likeness (QED) is 0.848. The lowest BCUT2D eigenvalue weighted by Crippen LogP contribution is -2.44. The summed E-state index contributed by atoms with van der Waals surface area (Å²) in [6, 6.07) is 8.47. The number of aliphatic hydroxyl groups excluding tert-OH is 1. The first-order valence-corrected chi connectivity index (χ1v) is 8.55. The summed E-state index contributed by atoms with van der Waals surface area (Å²) in [7, 11) is 0. The Bertz CT molecular complexity index is 529. The number of carbonyl (C=O) groups is 1. The maximum Gasteiger partial charge on any atom is 0.225 e. The van der Waals surface area contributed by atoms with Crippen LogP contribution in [0.15, 0.2) is 24.3 Å². The average molecular weight is 318 g/mol. The second-order valence-corrected chi connectivity index (χ2v) is 6.57. The van der Waals surface area contributed by atoms with Crippen molar-refractivity contribution in [2.45, 2.75) is 31.9 Å². The molecule has 2 aliphatic heterocycles. The number of nitrogens with zero attached hydrogens (tertiary/aromatic N) is 1. The third kappa shape index (κ3) is 4.53. The summed E-state index contributed by atoms with van der Waals surface area (Å²) in [5, 5.41) is 13.1. The number of carbonyl (C=O) groups excluding carboxylic acids is 1. The molecule has 2 atom stereocenters. The van der Waals surface area contributed by atoms with Gasteiger partial charge in [-0.05, 0) is 30.4 Å². The van der Waals surface area contributed by atoms with Gasteiger partial charge in [0.1, 0.15) is 0 Å². The summed E-state index contributed by atoms with van der Waals surface area (Å²) < 4.78 is 5.33. The summed E-state index contributed by atoms with van der Waals surface area (Å²) in [5.74, 6) is -0.0504. The third-order valence-electron chi connectivity index (χ3n) is 4.72. The van der Waals surface area contributed by atoms with E-state index in [0.29, 0.717) is 19.7 Å². The van der Waals surface area contributed by atoms with E-state index in [1.807, 2.05) is 0 Å². The predicted molar refractivity (Wildman–Crippen MR) is 88.0 cm³/mol. The van der Waals surface area contributed by atoms with Gasteiger partial charge in [-0.1, -0.05) is 24.3 Å². The maximum absolute atomic E-state index is 12.0. The normalized spacial score (nSPS) is 23.1. The van der Waals surface area contributed by atoms with Gasteiger partial charge >= 0.3 is 0 Å². The number of β-amino-alcohol motifs (C(OH)–C–C–N with tert-alkyl or cyclic N) is 1. The van der Waals surface area contributed by atoms with Crippen molar-refractivity contribution in [3.8, 4) is 0 Å². The van der Waals surface area contributed by atoms with Gasteiger partial charge in [-0.15, -0.1) is 0 Å². The van der Waals surface area contributed by atoms with Crippen molar-refractivity contribution >= 4 is 5.91 Å². The molecule has 2 heterocycles. The molecule has 0 radical (unpaired) electrons. The Balaban J connectivity index is 1.41. The van der Waals surface area contributed by atoms with Gasteiger partial charge in [-0.25, -0.2) is 0 Å². The molecule has 23 heavy (non-hydrogen) atoms. The van der Waals surface area contributed by atoms with Gasteiger partial charge < -0.3 is 15.2 Å². The topological polar surface area (TPSA) is 61.8 Å². The standard InChI is InChI=1S/C18H26N2O3/c21-17(10-19-18(22)16-6-3-9-23-13-16)12-20-8-7-14-4-1-2-5-15(14)11-20/h1-2,4-5,16-17,21H,3,6-13H2,(H,19,22)/t16-,17?/m0/s1. The lowest BCUT2D eigenvalue weighted by Gasteiger charge is -2.30. The summed E-state index contributed by atoms with van der Waals surface area (Å²) in [6.07, 6.45) is 2.31. The van der Waals surface area contributed by atoms with Crippen molar-refractivity contribution in [3.63, 3.8) is 0 Å². The zero-order valence-corrected chi connectivity index (χ0v) is 13.5. The van der Waals surface area contributed by atoms with Gasteiger partial charge in [0, 0.05) is 32.8 Å². The summed E-state index contributed by atoms with van der Waals surface area (Å²) in [5.41, 5.74) is 2.75. The molecule has 5 nitrogen and oxygen atoms in total. The van der Waals surface area contributed by atoms with Crippen molar-refractivity contribution in [1.29, 1.82) is 0 Å². The molecule has 0 saturated carbocycles. The maximum atomic E-state index is 12.0. The Kier molecular flexibility index (Phi) is 5.65. The summed E-state index contributed by atoms with van der Waals surface area (Å²) >= 11 is 0. The Morgan fingerprint density at radius 2 is 2.22 bits per heavy atom. The number of amides is 1. The van der Waals surface area contributed by atoms with E-state index in [1.165, 1.54) is 11.1 Å². The van der Waals surface area contributed by atoms with Crippen LogP contribution in [0.2, 0.25) is 0 Å². The molecular formula is C18H26N2O3. The van der Waals surface area contributed by atoms with Gasteiger partial charge in [0.05, 0.1) is 18.6 Å². The van der Waals surface area contributed by atoms with Crippen molar-refractivity contribution in [2.24, 2.45) is 5.92 Å². The van der Waals surface area contributed by atoms with Crippen LogP contribution in [0, 0.1) is 5.92 Å². The lowest BCUT2D eigenvalue weighted by molar-refractivity contribution is -0.129. The highest BCUT2D eigenvalue weighted by Crippen LogP contribution is 2.18. The van der Waals surface area contributed by atoms with E-state index in [-0.39, 0.29) is 11.8 Å². The molecule has 0 bridgehead atoms. The van der Waals surface area contributed by atoms with Crippen molar-refractivity contribution in [3.05, 3.63) is 35.4 Å². The molecule has 3 rings (SSSR count). The molecule has 1 aromatic rings. The number of ether oxygens (including phenoxy) is 1. The third-order valence-corrected chi connectivity index (χ3v) is 4.72. The van der Waals surface area contributed by atoms with Crippen LogP contribution in [0.1, 0.15) is 24.0 Å². The van der Waals surface area contributed by atoms with Crippen LogP contribution in [0.4, 0.5) is 0 Å². The van der Waals surface area contributed by atoms with E-state index in [9.17, 15) is 9.90 Å². The van der Waals surface area contributed by atoms with Crippen LogP contribution in [-0.4, -0.2) is 54.9 Å². The fourth-order valence-electron chi connectivity index (χ4n) is 3.38. The number of benzene rings is 1. The molecule has 126 valence electrons. The second kappa shape index (κ2) is 7.90. The number of hydrogen-bond acceptors (Lipinski definition) is 4. The fraction of sp³-hybridized carbons (Fsp3) is 0.611. The lowest BCUT2D eigenvalue weighted by atomic mass is 9.99. The predicted octanol–water partition coefficient (Wildman–Crippen LogP) is 0.948. The fourth-order valence-corrected chi connectivity index (χ4v) is 3.38. The van der Waals surface area contributed by atoms with Crippen LogP contribution in [-0.2, 0) is 22.5 Å². The average Bonchev–Trinajstić information content (AvgIpc) is 2.60. The summed E-state index contributed by atoms with van der Waals surface area (Å²) in [4.78, 5) is 14.3. The van der Waals surface area contributed by atoms with E-state index in [1.54, 1.807) is 0 Å². The highest BCUT2D eigenvalue weighted by Gasteiger charge is 2.23. The molecule has 1 unspecified atom stereocenters. The monoisotopic (exact) mass is 318 g/mol. The summed E-state index contributed by atoms with van der Waals surface area (Å²) in [6.45, 7) is 3.99. The first kappa shape index (κ1) is 16.4. The molecule has 0 aromatic heterocycles. The van der Waals surface area contributed by atoms with Crippen LogP contribution in [0.25, 0.3) is 0 Å². The van der Waals surface area contributed by atoms with E-state index < -0.39 is 6.10 Å². The molecule has 1 saturated heterocycles. The zero-order valence-electron chi connectivity index (χ0n) is 13.5. The SMILES string of the molecule is O=C(NCC(O)CN1CCc2ccccc2C1)[C@H]1CCCOC1. The molecule has 5 heteroatoms. The molecule has 0 aliphatic carbocycles. The number of aliphatic hydroxyl groups is 1. The van der Waals surface area contributed by atoms with E-state index in [4.69, 9.17) is 4.74 Å². The first-order valence-electron chi connectivity index (χ1n) is 8.55. The highest BCUT2D eigenvalue weighted by atomic mass is 16.5. The number of rotatable bonds is 5. The van der Waals surface area contributed by atoms with Gasteiger partial charge in [-0.2, -0.15) is 0 Å². The van der Waals surface area contributed by atoms with Gasteiger partial charge in [-0.3, -0.25) is 9.69 Å². The van der Waals surface area contributed by atoms with Gasteiger partial charge in [0.15, 0.2) is 0 Å². The Labute approximate surface area is 137 Å². The Morgan fingerprint density at radius 3 is 3.00 bits per heavy atom. The minimum atomic E-state index is -0.534. The van der Waals surface area contributed by atoms with Crippen LogP contribution in [0.3, 0.4) is 0 Å². The molecule has 1 amide bonds. The number of fused-ring (bicyclic) bond motifs is 1. The Hall–Kier alpha value is -1.43. The number of nitrogens with one attached hydrogen (secondary N) is 1.